The first kappa shape index (κ1) is 12.0. The predicted molar refractivity (Wildman–Crippen MR) is 68.4 cm³/mol. The summed E-state index contributed by atoms with van der Waals surface area (Å²) in [5, 5.41) is 3.46. The Balaban J connectivity index is 2.25. The zero-order valence-electron chi connectivity index (χ0n) is 10.6. The van der Waals surface area contributed by atoms with Gasteiger partial charge in [0.15, 0.2) is 0 Å². The number of carbonyl (C=O) groups is 1. The minimum Gasteiger partial charge on any atom is -0.462 e. The molecule has 0 aliphatic carbocycles. The average molecular weight is 233 g/mol. The van der Waals surface area contributed by atoms with Gasteiger partial charge >= 0.3 is 5.97 Å². The minimum atomic E-state index is -0.235. The molecule has 17 heavy (non-hydrogen) atoms. The van der Waals surface area contributed by atoms with Gasteiger partial charge in [0.25, 0.3) is 0 Å². The second-order valence-corrected chi connectivity index (χ2v) is 4.71. The number of carbonyl (C=O) groups excluding carboxylic acids is 1. The zero-order valence-corrected chi connectivity index (χ0v) is 10.6. The van der Waals surface area contributed by atoms with Gasteiger partial charge in [-0.05, 0) is 49.9 Å². The van der Waals surface area contributed by atoms with Crippen LogP contribution in [0.4, 0.5) is 5.69 Å². The fourth-order valence-corrected chi connectivity index (χ4v) is 2.16. The highest BCUT2D eigenvalue weighted by Gasteiger charge is 2.22. The second-order valence-electron chi connectivity index (χ2n) is 4.71. The van der Waals surface area contributed by atoms with Crippen LogP contribution in [0.1, 0.15) is 36.7 Å². The highest BCUT2D eigenvalue weighted by Crippen LogP contribution is 2.29. The van der Waals surface area contributed by atoms with Gasteiger partial charge in [-0.1, -0.05) is 6.92 Å². The van der Waals surface area contributed by atoms with Crippen LogP contribution in [-0.2, 0) is 11.2 Å². The van der Waals surface area contributed by atoms with Gasteiger partial charge in [0.05, 0.1) is 12.2 Å². The molecule has 2 rings (SSSR count). The summed E-state index contributed by atoms with van der Waals surface area (Å²) in [7, 11) is 0. The summed E-state index contributed by atoms with van der Waals surface area (Å²) in [5.41, 5.74) is 3.00. The Morgan fingerprint density at radius 1 is 1.47 bits per heavy atom. The molecule has 0 aromatic heterocycles. The number of benzene rings is 1. The summed E-state index contributed by atoms with van der Waals surface area (Å²) in [5.74, 6) is 0.349. The van der Waals surface area contributed by atoms with Crippen LogP contribution in [0.2, 0.25) is 0 Å². The quantitative estimate of drug-likeness (QED) is 0.798. The summed E-state index contributed by atoms with van der Waals surface area (Å²) in [6, 6.07) is 6.23. The van der Waals surface area contributed by atoms with Gasteiger partial charge in [-0.2, -0.15) is 0 Å². The van der Waals surface area contributed by atoms with Crippen LogP contribution in [0.3, 0.4) is 0 Å². The Morgan fingerprint density at radius 2 is 2.24 bits per heavy atom. The fourth-order valence-electron chi connectivity index (χ4n) is 2.16. The molecule has 92 valence electrons. The molecule has 0 spiro atoms. The summed E-state index contributed by atoms with van der Waals surface area (Å²) < 4.78 is 5.01. The molecule has 3 nitrogen and oxygen atoms in total. The lowest BCUT2D eigenvalue weighted by atomic mass is 9.89. The first-order valence-corrected chi connectivity index (χ1v) is 6.18. The van der Waals surface area contributed by atoms with Crippen molar-refractivity contribution in [3.05, 3.63) is 29.3 Å². The third kappa shape index (κ3) is 2.43. The molecule has 0 bridgehead atoms. The van der Waals surface area contributed by atoms with Crippen LogP contribution >= 0.6 is 0 Å². The van der Waals surface area contributed by atoms with Gasteiger partial charge in [-0.25, -0.2) is 4.79 Å². The van der Waals surface area contributed by atoms with Crippen molar-refractivity contribution in [1.82, 2.24) is 0 Å². The van der Waals surface area contributed by atoms with Crippen molar-refractivity contribution in [3.63, 3.8) is 0 Å². The van der Waals surface area contributed by atoms with Crippen molar-refractivity contribution in [2.24, 2.45) is 5.92 Å². The van der Waals surface area contributed by atoms with Crippen molar-refractivity contribution >= 4 is 11.7 Å². The molecule has 2 atom stereocenters. The van der Waals surface area contributed by atoms with E-state index in [1.165, 1.54) is 5.56 Å². The van der Waals surface area contributed by atoms with Gasteiger partial charge < -0.3 is 10.1 Å². The third-order valence-corrected chi connectivity index (χ3v) is 3.39. The van der Waals surface area contributed by atoms with E-state index in [0.717, 1.165) is 12.1 Å². The van der Waals surface area contributed by atoms with Gasteiger partial charge in [0, 0.05) is 11.7 Å². The molecular formula is C14H19NO2. The Labute approximate surface area is 102 Å². The molecule has 1 aromatic carbocycles. The third-order valence-electron chi connectivity index (χ3n) is 3.39. The standard InChI is InChI=1S/C14H19NO2/c1-4-17-14(16)11-5-6-13-12(8-11)7-9(2)10(3)15-13/h5-6,8-10,15H,4,7H2,1-3H3/t9?,10-/m0/s1. The molecular weight excluding hydrogens is 214 g/mol. The molecule has 0 fully saturated rings. The van der Waals surface area contributed by atoms with Crippen LogP contribution in [0.5, 0.6) is 0 Å². The number of hydrogen-bond acceptors (Lipinski definition) is 3. The lowest BCUT2D eigenvalue weighted by Crippen LogP contribution is -2.30. The smallest absolute Gasteiger partial charge is 0.338 e. The topological polar surface area (TPSA) is 38.3 Å². The Kier molecular flexibility index (Phi) is 3.36. The lowest BCUT2D eigenvalue weighted by molar-refractivity contribution is 0.0526. The van der Waals surface area contributed by atoms with Gasteiger partial charge in [0.2, 0.25) is 0 Å². The second kappa shape index (κ2) is 4.78. The van der Waals surface area contributed by atoms with E-state index in [1.54, 1.807) is 0 Å². The molecule has 0 radical (unpaired) electrons. The SMILES string of the molecule is CCOC(=O)c1ccc2c(c1)CC(C)[C@H](C)N2. The van der Waals surface area contributed by atoms with E-state index >= 15 is 0 Å². The summed E-state index contributed by atoms with van der Waals surface area (Å²) in [4.78, 5) is 11.6. The first-order chi connectivity index (χ1) is 8.11. The number of anilines is 1. The molecule has 1 aliphatic rings. The van der Waals surface area contributed by atoms with Crippen molar-refractivity contribution in [2.75, 3.05) is 11.9 Å². The molecule has 3 heteroatoms. The summed E-state index contributed by atoms with van der Waals surface area (Å²) >= 11 is 0. The van der Waals surface area contributed by atoms with Gasteiger partial charge in [0.1, 0.15) is 0 Å². The minimum absolute atomic E-state index is 0.235. The van der Waals surface area contributed by atoms with Crippen molar-refractivity contribution in [2.45, 2.75) is 33.2 Å². The van der Waals surface area contributed by atoms with Crippen LogP contribution in [0.25, 0.3) is 0 Å². The molecule has 0 amide bonds. The Bertz CT molecular complexity index is 428. The maximum atomic E-state index is 11.6. The molecule has 1 unspecified atom stereocenters. The van der Waals surface area contributed by atoms with E-state index in [2.05, 4.69) is 19.2 Å². The van der Waals surface area contributed by atoms with Crippen LogP contribution in [0.15, 0.2) is 18.2 Å². The predicted octanol–water partition coefficient (Wildman–Crippen LogP) is 2.86. The molecule has 1 aliphatic heterocycles. The van der Waals surface area contributed by atoms with Crippen LogP contribution in [-0.4, -0.2) is 18.6 Å². The number of ether oxygens (including phenoxy) is 1. The van der Waals surface area contributed by atoms with E-state index in [-0.39, 0.29) is 5.97 Å². The molecule has 1 aromatic rings. The lowest BCUT2D eigenvalue weighted by Gasteiger charge is -2.30. The molecule has 1 heterocycles. The number of nitrogens with one attached hydrogen (secondary N) is 1. The Morgan fingerprint density at radius 3 is 2.94 bits per heavy atom. The normalized spacial score (nSPS) is 22.5. The van der Waals surface area contributed by atoms with E-state index in [9.17, 15) is 4.79 Å². The van der Waals surface area contributed by atoms with Crippen LogP contribution in [0, 0.1) is 5.92 Å². The number of rotatable bonds is 2. The van der Waals surface area contributed by atoms with E-state index < -0.39 is 0 Å². The monoisotopic (exact) mass is 233 g/mol. The van der Waals surface area contributed by atoms with E-state index in [4.69, 9.17) is 4.74 Å². The van der Waals surface area contributed by atoms with Gasteiger partial charge in [-0.3, -0.25) is 0 Å². The zero-order chi connectivity index (χ0) is 12.4. The maximum Gasteiger partial charge on any atom is 0.338 e. The van der Waals surface area contributed by atoms with Crippen LogP contribution < -0.4 is 5.32 Å². The van der Waals surface area contributed by atoms with Gasteiger partial charge in [-0.15, -0.1) is 0 Å². The van der Waals surface area contributed by atoms with Crippen molar-refractivity contribution in [1.29, 1.82) is 0 Å². The number of hydrogen-bond donors (Lipinski definition) is 1. The number of fused-ring (bicyclic) bond motifs is 1. The average Bonchev–Trinajstić information content (AvgIpc) is 2.30. The largest absolute Gasteiger partial charge is 0.462 e. The summed E-state index contributed by atoms with van der Waals surface area (Å²) in [6.45, 7) is 6.65. The number of esters is 1. The van der Waals surface area contributed by atoms with Crippen molar-refractivity contribution < 1.29 is 9.53 Å². The molecule has 0 saturated heterocycles. The van der Waals surface area contributed by atoms with Crippen molar-refractivity contribution in [3.8, 4) is 0 Å². The first-order valence-electron chi connectivity index (χ1n) is 6.18. The fraction of sp³-hybridized carbons (Fsp3) is 0.500. The molecule has 1 N–H and O–H groups in total. The van der Waals surface area contributed by atoms with E-state index in [1.807, 2.05) is 25.1 Å². The highest BCUT2D eigenvalue weighted by atomic mass is 16.5. The Hall–Kier alpha value is -1.51. The highest BCUT2D eigenvalue weighted by molar-refractivity contribution is 5.90. The van der Waals surface area contributed by atoms with E-state index in [0.29, 0.717) is 24.1 Å². The molecule has 0 saturated carbocycles. The maximum absolute atomic E-state index is 11.6. The summed E-state index contributed by atoms with van der Waals surface area (Å²) in [6.07, 6.45) is 1.01.